The number of hydrogen-bond acceptors (Lipinski definition) is 6. The molecule has 0 saturated heterocycles. The Bertz CT molecular complexity index is 814. The van der Waals surface area contributed by atoms with Gasteiger partial charge >= 0.3 is 0 Å². The molecule has 3 heterocycles. The summed E-state index contributed by atoms with van der Waals surface area (Å²) < 4.78 is 0. The van der Waals surface area contributed by atoms with Crippen LogP contribution in [0.3, 0.4) is 0 Å². The van der Waals surface area contributed by atoms with E-state index in [0.29, 0.717) is 12.3 Å². The number of rotatable bonds is 8. The summed E-state index contributed by atoms with van der Waals surface area (Å²) >= 11 is 5.00. The fourth-order valence-electron chi connectivity index (χ4n) is 2.23. The van der Waals surface area contributed by atoms with Crippen LogP contribution in [0.2, 0.25) is 0 Å². The van der Waals surface area contributed by atoms with E-state index in [-0.39, 0.29) is 5.91 Å². The minimum absolute atomic E-state index is 0.0767. The Morgan fingerprint density at radius 1 is 1.28 bits per heavy atom. The molecule has 3 aromatic rings. The lowest BCUT2D eigenvalue weighted by atomic mass is 10.3. The van der Waals surface area contributed by atoms with Crippen LogP contribution in [-0.2, 0) is 17.0 Å². The van der Waals surface area contributed by atoms with Crippen molar-refractivity contribution in [1.29, 1.82) is 0 Å². The maximum absolute atomic E-state index is 11.9. The lowest BCUT2D eigenvalue weighted by molar-refractivity contribution is -0.118. The van der Waals surface area contributed by atoms with E-state index >= 15 is 0 Å². The summed E-state index contributed by atoms with van der Waals surface area (Å²) in [6.45, 7) is 2.68. The van der Waals surface area contributed by atoms with Gasteiger partial charge in [-0.3, -0.25) is 9.78 Å². The first-order valence-corrected chi connectivity index (χ1v) is 10.8. The normalized spacial score (nSPS) is 10.8. The molecule has 130 valence electrons. The molecule has 0 aliphatic carbocycles. The monoisotopic (exact) mass is 389 g/mol. The number of thioether (sulfide) groups is 1. The quantitative estimate of drug-likeness (QED) is 0.628. The molecule has 3 aromatic heterocycles. The second-order valence-corrected chi connectivity index (χ2v) is 8.65. The van der Waals surface area contributed by atoms with Crippen molar-refractivity contribution >= 4 is 40.3 Å². The van der Waals surface area contributed by atoms with Crippen LogP contribution in [0.5, 0.6) is 0 Å². The Morgan fingerprint density at radius 3 is 2.96 bits per heavy atom. The van der Waals surface area contributed by atoms with Crippen molar-refractivity contribution < 1.29 is 4.79 Å². The van der Waals surface area contributed by atoms with E-state index in [0.717, 1.165) is 28.6 Å². The van der Waals surface area contributed by atoms with Gasteiger partial charge in [-0.2, -0.15) is 0 Å². The van der Waals surface area contributed by atoms with Crippen LogP contribution in [0.4, 0.5) is 0 Å². The van der Waals surface area contributed by atoms with Crippen molar-refractivity contribution in [2.45, 2.75) is 19.1 Å². The number of hydrogen-bond donors (Lipinski definition) is 1. The van der Waals surface area contributed by atoms with Gasteiger partial charge in [0.1, 0.15) is 0 Å². The summed E-state index contributed by atoms with van der Waals surface area (Å²) in [5.74, 6) is 1.30. The van der Waals surface area contributed by atoms with Crippen LogP contribution >= 0.6 is 34.4 Å². The average molecular weight is 390 g/mol. The minimum Gasteiger partial charge on any atom is -0.355 e. The van der Waals surface area contributed by atoms with Gasteiger partial charge in [0, 0.05) is 28.8 Å². The van der Waals surface area contributed by atoms with Gasteiger partial charge in [-0.1, -0.05) is 6.07 Å². The summed E-state index contributed by atoms with van der Waals surface area (Å²) in [4.78, 5) is 23.1. The lowest BCUT2D eigenvalue weighted by Crippen LogP contribution is -2.27. The Labute approximate surface area is 159 Å². The second-order valence-electron chi connectivity index (χ2n) is 5.43. The highest BCUT2D eigenvalue weighted by atomic mass is 32.2. The van der Waals surface area contributed by atoms with E-state index in [1.165, 1.54) is 9.75 Å². The Morgan fingerprint density at radius 2 is 2.20 bits per heavy atom. The highest BCUT2D eigenvalue weighted by Gasteiger charge is 2.07. The number of nitrogens with one attached hydrogen (secondary N) is 1. The molecule has 0 aromatic carbocycles. The van der Waals surface area contributed by atoms with Gasteiger partial charge in [0.05, 0.1) is 27.0 Å². The first-order chi connectivity index (χ1) is 12.2. The Hall–Kier alpha value is -1.70. The third-order valence-electron chi connectivity index (χ3n) is 3.44. The van der Waals surface area contributed by atoms with E-state index in [4.69, 9.17) is 0 Å². The Balaban J connectivity index is 1.36. The first kappa shape index (κ1) is 18.1. The van der Waals surface area contributed by atoms with Crippen LogP contribution in [0.1, 0.15) is 15.6 Å². The fraction of sp³-hybridized carbons (Fsp3) is 0.278. The predicted octanol–water partition coefficient (Wildman–Crippen LogP) is 4.17. The van der Waals surface area contributed by atoms with E-state index in [9.17, 15) is 4.79 Å². The molecule has 0 spiro atoms. The molecule has 0 aliphatic heterocycles. The number of carbonyl (C=O) groups is 1. The van der Waals surface area contributed by atoms with Gasteiger partial charge in [0.25, 0.3) is 0 Å². The van der Waals surface area contributed by atoms with Crippen molar-refractivity contribution in [2.75, 3.05) is 12.3 Å². The first-order valence-electron chi connectivity index (χ1n) is 7.96. The highest BCUT2D eigenvalue weighted by molar-refractivity contribution is 7.99. The fourth-order valence-corrected chi connectivity index (χ4v) is 4.66. The lowest BCUT2D eigenvalue weighted by Gasteiger charge is -2.04. The zero-order valence-corrected chi connectivity index (χ0v) is 16.3. The molecule has 1 N–H and O–H groups in total. The average Bonchev–Trinajstić information content (AvgIpc) is 3.25. The van der Waals surface area contributed by atoms with Gasteiger partial charge in [-0.25, -0.2) is 4.98 Å². The Kier molecular flexibility index (Phi) is 6.61. The number of carbonyl (C=O) groups excluding carboxylic acids is 1. The van der Waals surface area contributed by atoms with Crippen molar-refractivity contribution in [3.8, 4) is 10.6 Å². The third kappa shape index (κ3) is 5.66. The van der Waals surface area contributed by atoms with Gasteiger partial charge in [0.15, 0.2) is 0 Å². The zero-order valence-electron chi connectivity index (χ0n) is 13.9. The van der Waals surface area contributed by atoms with Crippen molar-refractivity contribution in [2.24, 2.45) is 0 Å². The molecular weight excluding hydrogens is 370 g/mol. The molecule has 1 amide bonds. The molecule has 3 rings (SSSR count). The molecule has 0 bridgehead atoms. The molecule has 7 heteroatoms. The summed E-state index contributed by atoms with van der Waals surface area (Å²) in [6.07, 6.45) is 2.63. The van der Waals surface area contributed by atoms with E-state index in [1.807, 2.05) is 25.1 Å². The molecule has 0 fully saturated rings. The maximum Gasteiger partial charge on any atom is 0.230 e. The summed E-state index contributed by atoms with van der Waals surface area (Å²) in [7, 11) is 0. The molecule has 0 radical (unpaired) electrons. The smallest absolute Gasteiger partial charge is 0.230 e. The predicted molar refractivity (Wildman–Crippen MR) is 107 cm³/mol. The molecule has 4 nitrogen and oxygen atoms in total. The molecule has 25 heavy (non-hydrogen) atoms. The molecule has 0 unspecified atom stereocenters. The second kappa shape index (κ2) is 9.12. The summed E-state index contributed by atoms with van der Waals surface area (Å²) in [5.41, 5.74) is 2.05. The zero-order chi connectivity index (χ0) is 17.5. The van der Waals surface area contributed by atoms with Crippen molar-refractivity contribution in [3.63, 3.8) is 0 Å². The number of pyridine rings is 1. The SMILES string of the molecule is Cc1nc(-c2ccc(CCNC(=O)CSCc3ccccn3)s2)cs1. The minimum atomic E-state index is 0.0767. The van der Waals surface area contributed by atoms with Gasteiger partial charge in [-0.15, -0.1) is 34.4 Å². The van der Waals surface area contributed by atoms with Crippen LogP contribution in [0.15, 0.2) is 41.9 Å². The van der Waals surface area contributed by atoms with Crippen LogP contribution in [-0.4, -0.2) is 28.2 Å². The van der Waals surface area contributed by atoms with Gasteiger partial charge in [0.2, 0.25) is 5.91 Å². The van der Waals surface area contributed by atoms with E-state index < -0.39 is 0 Å². The summed E-state index contributed by atoms with van der Waals surface area (Å²) in [6, 6.07) is 10.1. The van der Waals surface area contributed by atoms with Crippen molar-refractivity contribution in [3.05, 3.63) is 57.5 Å². The number of thiophene rings is 1. The maximum atomic E-state index is 11.9. The third-order valence-corrected chi connectivity index (χ3v) is 6.34. The van der Waals surface area contributed by atoms with Crippen LogP contribution in [0, 0.1) is 6.92 Å². The number of aryl methyl sites for hydroxylation is 1. The number of nitrogens with zero attached hydrogens (tertiary/aromatic N) is 2. The highest BCUT2D eigenvalue weighted by Crippen LogP contribution is 2.29. The van der Waals surface area contributed by atoms with Crippen LogP contribution in [0.25, 0.3) is 10.6 Å². The van der Waals surface area contributed by atoms with E-state index in [1.54, 1.807) is 40.6 Å². The van der Waals surface area contributed by atoms with E-state index in [2.05, 4.69) is 32.8 Å². The topological polar surface area (TPSA) is 54.9 Å². The largest absolute Gasteiger partial charge is 0.355 e. The molecule has 0 atom stereocenters. The molecule has 0 aliphatic rings. The molecular formula is C18H19N3OS3. The molecule has 0 saturated carbocycles. The number of aromatic nitrogens is 2. The standard InChI is InChI=1S/C18H19N3OS3/c1-13-21-16(11-24-13)17-6-5-15(25-17)7-9-20-18(22)12-23-10-14-4-2-3-8-19-14/h2-6,8,11H,7,9-10,12H2,1H3,(H,20,22). The van der Waals surface area contributed by atoms with Crippen LogP contribution < -0.4 is 5.32 Å². The van der Waals surface area contributed by atoms with Crippen molar-refractivity contribution in [1.82, 2.24) is 15.3 Å². The number of thiazole rings is 1. The van der Waals surface area contributed by atoms with Gasteiger partial charge < -0.3 is 5.32 Å². The summed E-state index contributed by atoms with van der Waals surface area (Å²) in [5, 5.41) is 6.16. The number of amides is 1. The van der Waals surface area contributed by atoms with Gasteiger partial charge in [-0.05, 0) is 37.6 Å².